The maximum Gasteiger partial charge on any atom is 0.341 e. The number of H-pyrrole nitrogens is 1. The number of hydrogen-bond acceptors (Lipinski definition) is 6. The van der Waals surface area contributed by atoms with E-state index in [1.807, 2.05) is 11.0 Å². The molecule has 33 heavy (non-hydrogen) atoms. The molecule has 4 heterocycles. The molecule has 172 valence electrons. The number of aromatic amines is 1. The maximum absolute atomic E-state index is 13.9. The lowest BCUT2D eigenvalue weighted by atomic mass is 10.1. The number of urea groups is 1. The van der Waals surface area contributed by atoms with Gasteiger partial charge in [0.2, 0.25) is 5.95 Å². The number of hydrazone groups is 1. The zero-order valence-corrected chi connectivity index (χ0v) is 18.2. The minimum absolute atomic E-state index is 0.285. The Balaban J connectivity index is 1.38. The van der Waals surface area contributed by atoms with E-state index in [1.165, 1.54) is 5.01 Å². The van der Waals surface area contributed by atoms with Gasteiger partial charge >= 0.3 is 6.03 Å². The van der Waals surface area contributed by atoms with Crippen LogP contribution in [-0.2, 0) is 0 Å². The van der Waals surface area contributed by atoms with Crippen molar-refractivity contribution in [3.63, 3.8) is 0 Å². The lowest BCUT2D eigenvalue weighted by Crippen LogP contribution is -2.53. The molecule has 1 saturated heterocycles. The highest BCUT2D eigenvalue weighted by Gasteiger charge is 2.33. The van der Waals surface area contributed by atoms with Crippen LogP contribution in [0, 0.1) is 0 Å². The summed E-state index contributed by atoms with van der Waals surface area (Å²) >= 11 is 0. The highest BCUT2D eigenvalue weighted by Crippen LogP contribution is 2.24. The summed E-state index contributed by atoms with van der Waals surface area (Å²) in [6, 6.07) is 2.84. The van der Waals surface area contributed by atoms with Gasteiger partial charge in [0.1, 0.15) is 5.83 Å². The highest BCUT2D eigenvalue weighted by molar-refractivity contribution is 5.79. The van der Waals surface area contributed by atoms with Crippen molar-refractivity contribution in [3.05, 3.63) is 60.5 Å². The number of halogens is 2. The molecule has 2 aliphatic heterocycles. The standard InChI is InChI=1S/C22H24F2N8O/c1-15(13-17(24)14-16(2)23)20-5-8-27-32(20)22(33)31-11-9-30(10-12-31)21-25-6-3-18(28-21)19-4-7-26-29-19/h3-4,6-8,13-14,20H,1,5,9-12H2,2H3,(H,26,29)/b16-14+,17-13+/t20-/m0/s1. The highest BCUT2D eigenvalue weighted by atomic mass is 19.1. The molecule has 2 amide bonds. The van der Waals surface area contributed by atoms with E-state index >= 15 is 0 Å². The van der Waals surface area contributed by atoms with E-state index < -0.39 is 17.7 Å². The Kier molecular flexibility index (Phi) is 6.57. The van der Waals surface area contributed by atoms with Crippen molar-refractivity contribution >= 4 is 18.2 Å². The Morgan fingerprint density at radius 1 is 1.18 bits per heavy atom. The summed E-state index contributed by atoms with van der Waals surface area (Å²) in [7, 11) is 0. The van der Waals surface area contributed by atoms with Gasteiger partial charge in [0.25, 0.3) is 0 Å². The largest absolute Gasteiger partial charge is 0.341 e. The molecular formula is C22H24F2N8O. The van der Waals surface area contributed by atoms with Crippen LogP contribution in [0.3, 0.4) is 0 Å². The number of allylic oxidation sites excluding steroid dienone is 3. The number of anilines is 1. The average Bonchev–Trinajstić information content (AvgIpc) is 3.50. The van der Waals surface area contributed by atoms with Gasteiger partial charge in [0.05, 0.1) is 23.3 Å². The van der Waals surface area contributed by atoms with Gasteiger partial charge in [0, 0.05) is 57.3 Å². The van der Waals surface area contributed by atoms with Crippen LogP contribution in [0.4, 0.5) is 19.5 Å². The number of hydrogen-bond donors (Lipinski definition) is 1. The molecule has 9 nitrogen and oxygen atoms in total. The Morgan fingerprint density at radius 2 is 1.97 bits per heavy atom. The molecule has 0 unspecified atom stereocenters. The summed E-state index contributed by atoms with van der Waals surface area (Å²) in [6.07, 6.45) is 7.27. The van der Waals surface area contributed by atoms with E-state index in [1.54, 1.807) is 29.6 Å². The Morgan fingerprint density at radius 3 is 2.67 bits per heavy atom. The Labute approximate surface area is 189 Å². The van der Waals surface area contributed by atoms with E-state index in [2.05, 4.69) is 31.8 Å². The predicted molar refractivity (Wildman–Crippen MR) is 121 cm³/mol. The molecule has 4 rings (SSSR count). The fourth-order valence-corrected chi connectivity index (χ4v) is 3.70. The second-order valence-electron chi connectivity index (χ2n) is 7.70. The number of carbonyl (C=O) groups is 1. The molecule has 0 spiro atoms. The van der Waals surface area contributed by atoms with Gasteiger partial charge in [-0.15, -0.1) is 0 Å². The molecule has 1 N–H and O–H groups in total. The number of aromatic nitrogens is 4. The van der Waals surface area contributed by atoms with E-state index in [-0.39, 0.29) is 6.03 Å². The van der Waals surface area contributed by atoms with Gasteiger partial charge in [-0.3, -0.25) is 5.10 Å². The van der Waals surface area contributed by atoms with Gasteiger partial charge in [-0.05, 0) is 30.7 Å². The first kappa shape index (κ1) is 22.3. The van der Waals surface area contributed by atoms with Crippen molar-refractivity contribution in [2.45, 2.75) is 19.4 Å². The minimum atomic E-state index is -0.759. The van der Waals surface area contributed by atoms with Crippen LogP contribution in [0.15, 0.2) is 65.6 Å². The van der Waals surface area contributed by atoms with Crippen LogP contribution < -0.4 is 4.90 Å². The molecule has 0 aliphatic carbocycles. The lowest BCUT2D eigenvalue weighted by molar-refractivity contribution is 0.145. The van der Waals surface area contributed by atoms with Crippen LogP contribution in [0.5, 0.6) is 0 Å². The molecule has 0 bridgehead atoms. The van der Waals surface area contributed by atoms with E-state index in [0.29, 0.717) is 44.1 Å². The van der Waals surface area contributed by atoms with Crippen molar-refractivity contribution < 1.29 is 13.6 Å². The van der Waals surface area contributed by atoms with Crippen molar-refractivity contribution in [1.29, 1.82) is 0 Å². The van der Waals surface area contributed by atoms with Gasteiger partial charge < -0.3 is 9.80 Å². The van der Waals surface area contributed by atoms with Crippen LogP contribution in [0.2, 0.25) is 0 Å². The third kappa shape index (κ3) is 5.13. The van der Waals surface area contributed by atoms with Crippen LogP contribution in [0.1, 0.15) is 13.3 Å². The van der Waals surface area contributed by atoms with Crippen LogP contribution in [-0.4, -0.2) is 74.5 Å². The number of amides is 2. The Bertz CT molecular complexity index is 1100. The summed E-state index contributed by atoms with van der Waals surface area (Å²) in [5.74, 6) is -0.828. The van der Waals surface area contributed by atoms with Crippen LogP contribution in [0.25, 0.3) is 11.4 Å². The van der Waals surface area contributed by atoms with E-state index in [9.17, 15) is 13.6 Å². The van der Waals surface area contributed by atoms with Crippen molar-refractivity contribution in [2.75, 3.05) is 31.1 Å². The molecule has 11 heteroatoms. The first-order valence-corrected chi connectivity index (χ1v) is 10.5. The first-order chi connectivity index (χ1) is 15.9. The third-order valence-electron chi connectivity index (χ3n) is 5.37. The summed E-state index contributed by atoms with van der Waals surface area (Å²) in [4.78, 5) is 25.7. The quantitative estimate of drug-likeness (QED) is 0.699. The zero-order chi connectivity index (χ0) is 23.4. The van der Waals surface area contributed by atoms with Crippen molar-refractivity contribution in [1.82, 2.24) is 30.1 Å². The van der Waals surface area contributed by atoms with Crippen LogP contribution >= 0.6 is 0 Å². The second-order valence-corrected chi connectivity index (χ2v) is 7.70. The number of carbonyl (C=O) groups excluding carboxylic acids is 1. The fourth-order valence-electron chi connectivity index (χ4n) is 3.70. The summed E-state index contributed by atoms with van der Waals surface area (Å²) < 4.78 is 26.8. The number of piperazine rings is 1. The topological polar surface area (TPSA) is 93.6 Å². The number of rotatable bonds is 5. The average molecular weight is 454 g/mol. The monoisotopic (exact) mass is 454 g/mol. The van der Waals surface area contributed by atoms with Gasteiger partial charge in [-0.2, -0.15) is 10.2 Å². The Hall–Kier alpha value is -3.89. The molecule has 0 radical (unpaired) electrons. The van der Waals surface area contributed by atoms with Gasteiger partial charge in [-0.1, -0.05) is 6.58 Å². The number of nitrogens with one attached hydrogen (secondary N) is 1. The first-order valence-electron chi connectivity index (χ1n) is 10.5. The van der Waals surface area contributed by atoms with Crippen molar-refractivity contribution in [2.24, 2.45) is 5.10 Å². The molecule has 0 saturated carbocycles. The maximum atomic E-state index is 13.9. The molecule has 2 aliphatic rings. The summed E-state index contributed by atoms with van der Waals surface area (Å²) in [5, 5.41) is 12.3. The second kappa shape index (κ2) is 9.72. The van der Waals surface area contributed by atoms with Gasteiger partial charge in [0.15, 0.2) is 0 Å². The molecular weight excluding hydrogens is 430 g/mol. The normalized spacial score (nSPS) is 19.4. The minimum Gasteiger partial charge on any atom is -0.337 e. The molecule has 2 aromatic rings. The summed E-state index contributed by atoms with van der Waals surface area (Å²) in [5.41, 5.74) is 1.88. The lowest BCUT2D eigenvalue weighted by Gasteiger charge is -2.37. The summed E-state index contributed by atoms with van der Waals surface area (Å²) in [6.45, 7) is 7.02. The third-order valence-corrected chi connectivity index (χ3v) is 5.37. The van der Waals surface area contributed by atoms with E-state index in [0.717, 1.165) is 30.5 Å². The van der Waals surface area contributed by atoms with Crippen molar-refractivity contribution in [3.8, 4) is 11.4 Å². The predicted octanol–water partition coefficient (Wildman–Crippen LogP) is 3.45. The smallest absolute Gasteiger partial charge is 0.337 e. The zero-order valence-electron chi connectivity index (χ0n) is 18.2. The number of nitrogens with zero attached hydrogens (tertiary/aromatic N) is 7. The fraction of sp³-hybridized carbons (Fsp3) is 0.318. The SMILES string of the molecule is C=C(/C=C(F)\C=C(/C)F)[C@@H]1CC=NN1C(=O)N1CCN(c2nccc(-c3ccn[nH]3)n2)CC1. The molecule has 2 aromatic heterocycles. The molecule has 1 atom stereocenters. The van der Waals surface area contributed by atoms with Gasteiger partial charge in [-0.25, -0.2) is 28.6 Å². The van der Waals surface area contributed by atoms with E-state index in [4.69, 9.17) is 0 Å². The molecule has 1 fully saturated rings. The molecule has 0 aromatic carbocycles.